The fourth-order valence-corrected chi connectivity index (χ4v) is 2.17. The molecule has 0 fully saturated rings. The van der Waals surface area contributed by atoms with Crippen molar-refractivity contribution in [2.75, 3.05) is 19.7 Å². The molecule has 5 heteroatoms. The van der Waals surface area contributed by atoms with Crippen molar-refractivity contribution in [1.82, 2.24) is 4.90 Å². The topological polar surface area (TPSA) is 68.7 Å². The highest BCUT2D eigenvalue weighted by molar-refractivity contribution is 5.86. The molecule has 2 N–H and O–H groups in total. The van der Waals surface area contributed by atoms with Crippen LogP contribution in [0.4, 0.5) is 0 Å². The summed E-state index contributed by atoms with van der Waals surface area (Å²) in [6.07, 6.45) is 0. The SMILES string of the molecule is CCN(CC)C(=O)COc1c(CN)oc2ccccc12. The molecule has 0 aliphatic rings. The van der Waals surface area contributed by atoms with Gasteiger partial charge in [0.25, 0.3) is 5.91 Å². The fourth-order valence-electron chi connectivity index (χ4n) is 2.17. The number of fused-ring (bicyclic) bond motifs is 1. The molecule has 0 aliphatic heterocycles. The number of hydrogen-bond acceptors (Lipinski definition) is 4. The molecule has 0 bridgehead atoms. The predicted octanol–water partition coefficient (Wildman–Crippen LogP) is 2.14. The summed E-state index contributed by atoms with van der Waals surface area (Å²) in [5.41, 5.74) is 6.38. The first-order valence-corrected chi connectivity index (χ1v) is 6.82. The average Bonchev–Trinajstić information content (AvgIpc) is 2.84. The standard InChI is InChI=1S/C15H20N2O3/c1-3-17(4-2)14(18)10-19-15-11-7-5-6-8-12(11)20-13(15)9-16/h5-8H,3-4,9-10,16H2,1-2H3. The van der Waals surface area contributed by atoms with Gasteiger partial charge in [-0.3, -0.25) is 4.79 Å². The van der Waals surface area contributed by atoms with Crippen LogP contribution in [0.3, 0.4) is 0 Å². The Labute approximate surface area is 118 Å². The fraction of sp³-hybridized carbons (Fsp3) is 0.400. The van der Waals surface area contributed by atoms with E-state index < -0.39 is 0 Å². The molecule has 0 saturated heterocycles. The molecule has 108 valence electrons. The van der Waals surface area contributed by atoms with Crippen LogP contribution in [-0.2, 0) is 11.3 Å². The van der Waals surface area contributed by atoms with Crippen LogP contribution in [-0.4, -0.2) is 30.5 Å². The van der Waals surface area contributed by atoms with Crippen molar-refractivity contribution in [2.24, 2.45) is 5.73 Å². The summed E-state index contributed by atoms with van der Waals surface area (Å²) in [6, 6.07) is 7.54. The third-order valence-electron chi connectivity index (χ3n) is 3.26. The average molecular weight is 276 g/mol. The van der Waals surface area contributed by atoms with Crippen LogP contribution >= 0.6 is 0 Å². The lowest BCUT2D eigenvalue weighted by molar-refractivity contribution is -0.132. The number of carbonyl (C=O) groups excluding carboxylic acids is 1. The lowest BCUT2D eigenvalue weighted by Gasteiger charge is -2.18. The van der Waals surface area contributed by atoms with Gasteiger partial charge >= 0.3 is 0 Å². The first kappa shape index (κ1) is 14.4. The third kappa shape index (κ3) is 2.77. The maximum atomic E-state index is 12.0. The molecule has 2 aromatic rings. The number of rotatable bonds is 6. The molecule has 1 amide bonds. The van der Waals surface area contributed by atoms with Crippen molar-refractivity contribution >= 4 is 16.9 Å². The maximum absolute atomic E-state index is 12.0. The van der Waals surface area contributed by atoms with E-state index in [1.165, 1.54) is 0 Å². The second-order valence-electron chi connectivity index (χ2n) is 4.41. The summed E-state index contributed by atoms with van der Waals surface area (Å²) in [4.78, 5) is 13.7. The number of nitrogens with zero attached hydrogens (tertiary/aromatic N) is 1. The lowest BCUT2D eigenvalue weighted by Crippen LogP contribution is -2.34. The number of likely N-dealkylation sites (N-methyl/N-ethyl adjacent to an activating group) is 1. The third-order valence-corrected chi connectivity index (χ3v) is 3.26. The number of carbonyl (C=O) groups is 1. The normalized spacial score (nSPS) is 10.8. The predicted molar refractivity (Wildman–Crippen MR) is 77.5 cm³/mol. The van der Waals surface area contributed by atoms with Crippen LogP contribution in [0.15, 0.2) is 28.7 Å². The number of para-hydroxylation sites is 1. The van der Waals surface area contributed by atoms with Gasteiger partial charge in [0.1, 0.15) is 5.58 Å². The smallest absolute Gasteiger partial charge is 0.260 e. The highest BCUT2D eigenvalue weighted by atomic mass is 16.5. The Morgan fingerprint density at radius 3 is 2.65 bits per heavy atom. The first-order chi connectivity index (χ1) is 9.71. The van der Waals surface area contributed by atoms with Gasteiger partial charge in [0.2, 0.25) is 0 Å². The van der Waals surface area contributed by atoms with Crippen LogP contribution in [0.25, 0.3) is 11.0 Å². The summed E-state index contributed by atoms with van der Waals surface area (Å²) in [6.45, 7) is 5.48. The van der Waals surface area contributed by atoms with Gasteiger partial charge in [-0.15, -0.1) is 0 Å². The summed E-state index contributed by atoms with van der Waals surface area (Å²) >= 11 is 0. The Kier molecular flexibility index (Phi) is 4.63. The molecule has 1 aromatic carbocycles. The minimum absolute atomic E-state index is 0.00178. The van der Waals surface area contributed by atoms with Gasteiger partial charge in [-0.25, -0.2) is 0 Å². The van der Waals surface area contributed by atoms with E-state index in [9.17, 15) is 4.79 Å². The van der Waals surface area contributed by atoms with E-state index in [0.717, 1.165) is 11.0 Å². The summed E-state index contributed by atoms with van der Waals surface area (Å²) in [5.74, 6) is 1.10. The molecule has 0 atom stereocenters. The summed E-state index contributed by atoms with van der Waals surface area (Å²) in [7, 11) is 0. The molecule has 20 heavy (non-hydrogen) atoms. The van der Waals surface area contributed by atoms with Crippen molar-refractivity contribution in [3.05, 3.63) is 30.0 Å². The number of ether oxygens (including phenoxy) is 1. The lowest BCUT2D eigenvalue weighted by atomic mass is 10.2. The number of furan rings is 1. The molecule has 2 rings (SSSR count). The molecule has 1 aromatic heterocycles. The van der Waals surface area contributed by atoms with Crippen molar-refractivity contribution < 1.29 is 13.9 Å². The van der Waals surface area contributed by atoms with Crippen molar-refractivity contribution in [3.63, 3.8) is 0 Å². The van der Waals surface area contributed by atoms with Gasteiger partial charge in [0.15, 0.2) is 18.1 Å². The van der Waals surface area contributed by atoms with E-state index in [2.05, 4.69) is 0 Å². The van der Waals surface area contributed by atoms with E-state index in [0.29, 0.717) is 24.6 Å². The number of hydrogen-bond donors (Lipinski definition) is 1. The molecule has 0 saturated carbocycles. The number of amides is 1. The zero-order valence-corrected chi connectivity index (χ0v) is 11.9. The summed E-state index contributed by atoms with van der Waals surface area (Å²) < 4.78 is 11.3. The largest absolute Gasteiger partial charge is 0.479 e. The van der Waals surface area contributed by atoms with Gasteiger partial charge in [0.05, 0.1) is 11.9 Å². The van der Waals surface area contributed by atoms with Gasteiger partial charge in [-0.2, -0.15) is 0 Å². The Bertz CT molecular complexity index is 588. The number of benzene rings is 1. The molecule has 0 unspecified atom stereocenters. The molecule has 0 radical (unpaired) electrons. The van der Waals surface area contributed by atoms with E-state index in [1.54, 1.807) is 4.90 Å². The second-order valence-corrected chi connectivity index (χ2v) is 4.41. The second kappa shape index (κ2) is 6.43. The first-order valence-electron chi connectivity index (χ1n) is 6.82. The molecule has 1 heterocycles. The van der Waals surface area contributed by atoms with Gasteiger partial charge in [0, 0.05) is 13.1 Å². The van der Waals surface area contributed by atoms with E-state index in [4.69, 9.17) is 14.9 Å². The molecule has 5 nitrogen and oxygen atoms in total. The van der Waals surface area contributed by atoms with Crippen LogP contribution in [0.2, 0.25) is 0 Å². The molecular formula is C15H20N2O3. The Morgan fingerprint density at radius 2 is 2.00 bits per heavy atom. The molecule has 0 aliphatic carbocycles. The minimum Gasteiger partial charge on any atom is -0.479 e. The van der Waals surface area contributed by atoms with E-state index >= 15 is 0 Å². The summed E-state index contributed by atoms with van der Waals surface area (Å²) in [5, 5.41) is 0.847. The van der Waals surface area contributed by atoms with Gasteiger partial charge in [-0.05, 0) is 26.0 Å². The molecular weight excluding hydrogens is 256 g/mol. The maximum Gasteiger partial charge on any atom is 0.260 e. The van der Waals surface area contributed by atoms with Gasteiger partial charge < -0.3 is 19.8 Å². The zero-order chi connectivity index (χ0) is 14.5. The zero-order valence-electron chi connectivity index (χ0n) is 11.9. The monoisotopic (exact) mass is 276 g/mol. The Balaban J connectivity index is 2.19. The van der Waals surface area contributed by atoms with E-state index in [-0.39, 0.29) is 19.1 Å². The van der Waals surface area contributed by atoms with Crippen molar-refractivity contribution in [1.29, 1.82) is 0 Å². The van der Waals surface area contributed by atoms with Crippen LogP contribution in [0.1, 0.15) is 19.6 Å². The minimum atomic E-state index is -0.0387. The Hall–Kier alpha value is -2.01. The quantitative estimate of drug-likeness (QED) is 0.877. The van der Waals surface area contributed by atoms with Gasteiger partial charge in [-0.1, -0.05) is 12.1 Å². The highest BCUT2D eigenvalue weighted by Crippen LogP contribution is 2.32. The molecule has 0 spiro atoms. The number of nitrogens with two attached hydrogens (primary N) is 1. The van der Waals surface area contributed by atoms with Crippen molar-refractivity contribution in [3.8, 4) is 5.75 Å². The van der Waals surface area contributed by atoms with Crippen LogP contribution < -0.4 is 10.5 Å². The van der Waals surface area contributed by atoms with Crippen molar-refractivity contribution in [2.45, 2.75) is 20.4 Å². The van der Waals surface area contributed by atoms with Crippen LogP contribution in [0.5, 0.6) is 5.75 Å². The highest BCUT2D eigenvalue weighted by Gasteiger charge is 2.17. The van der Waals surface area contributed by atoms with Crippen LogP contribution in [0, 0.1) is 0 Å². The van der Waals surface area contributed by atoms with E-state index in [1.807, 2.05) is 38.1 Å². The Morgan fingerprint density at radius 1 is 1.30 bits per heavy atom.